The Morgan fingerprint density at radius 1 is 0.974 bits per heavy atom. The topological polar surface area (TPSA) is 114 Å². The molecule has 0 fully saturated rings. The van der Waals surface area contributed by atoms with Crippen LogP contribution < -0.4 is 11.1 Å². The largest absolute Gasteiger partial charge is 0.507 e. The average Bonchev–Trinajstić information content (AvgIpc) is 2.89. The summed E-state index contributed by atoms with van der Waals surface area (Å²) in [5, 5.41) is 14.3. The first-order chi connectivity index (χ1) is 18.5. The maximum atomic E-state index is 13.6. The number of aromatic nitrogens is 3. The van der Waals surface area contributed by atoms with E-state index in [1.165, 1.54) is 48.7 Å². The molecule has 5 rings (SSSR count). The Hall–Kier alpha value is -5.06. The molecule has 0 atom stereocenters. The van der Waals surface area contributed by atoms with Crippen molar-refractivity contribution in [1.82, 2.24) is 15.0 Å². The third-order valence-corrected chi connectivity index (χ3v) is 6.07. The molecule has 11 heteroatoms. The summed E-state index contributed by atoms with van der Waals surface area (Å²) in [5.41, 5.74) is 7.38. The molecule has 7 nitrogen and oxygen atoms in total. The number of halogens is 4. The normalized spacial score (nSPS) is 11.5. The molecule has 0 spiro atoms. The second-order valence-electron chi connectivity index (χ2n) is 8.71. The minimum atomic E-state index is -4.66. The molecule has 2 aromatic heterocycles. The number of nitrogens with zero attached hydrogens (tertiary/aromatic N) is 3. The van der Waals surface area contributed by atoms with Crippen molar-refractivity contribution < 1.29 is 27.5 Å². The summed E-state index contributed by atoms with van der Waals surface area (Å²) in [5.74, 6) is -1.63. The molecule has 0 saturated carbocycles. The molecule has 39 heavy (non-hydrogen) atoms. The second kappa shape index (κ2) is 9.67. The molecule has 3 aromatic carbocycles. The van der Waals surface area contributed by atoms with E-state index in [2.05, 4.69) is 20.3 Å². The average molecular weight is 533 g/mol. The van der Waals surface area contributed by atoms with E-state index in [4.69, 9.17) is 5.73 Å². The van der Waals surface area contributed by atoms with Gasteiger partial charge in [-0.05, 0) is 66.1 Å². The Morgan fingerprint density at radius 3 is 2.44 bits per heavy atom. The number of aryl methyl sites for hydroxylation is 1. The van der Waals surface area contributed by atoms with Crippen molar-refractivity contribution in [3.8, 4) is 28.0 Å². The number of phenols is 1. The van der Waals surface area contributed by atoms with Crippen molar-refractivity contribution in [3.05, 3.63) is 95.6 Å². The zero-order valence-corrected chi connectivity index (χ0v) is 20.2. The van der Waals surface area contributed by atoms with Gasteiger partial charge in [-0.3, -0.25) is 4.79 Å². The molecule has 196 valence electrons. The maximum absolute atomic E-state index is 13.6. The van der Waals surface area contributed by atoms with Crippen molar-refractivity contribution in [1.29, 1.82) is 0 Å². The van der Waals surface area contributed by atoms with Gasteiger partial charge < -0.3 is 16.2 Å². The van der Waals surface area contributed by atoms with Gasteiger partial charge >= 0.3 is 6.18 Å². The van der Waals surface area contributed by atoms with Crippen LogP contribution in [0.3, 0.4) is 0 Å². The number of carbonyl (C=O) groups excluding carboxylic acids is 1. The fourth-order valence-electron chi connectivity index (χ4n) is 4.18. The number of fused-ring (bicyclic) bond motifs is 1. The van der Waals surface area contributed by atoms with Gasteiger partial charge in [0.1, 0.15) is 23.1 Å². The van der Waals surface area contributed by atoms with E-state index in [1.807, 2.05) is 0 Å². The number of pyridine rings is 1. The number of benzene rings is 3. The van der Waals surface area contributed by atoms with Gasteiger partial charge in [0.05, 0.1) is 11.1 Å². The van der Waals surface area contributed by atoms with Crippen LogP contribution in [-0.2, 0) is 6.18 Å². The molecular weight excluding hydrogens is 514 g/mol. The number of phenolic OH excluding ortho intramolecular Hbond substituents is 1. The molecule has 0 aliphatic carbocycles. The third-order valence-electron chi connectivity index (χ3n) is 6.07. The van der Waals surface area contributed by atoms with E-state index < -0.39 is 23.6 Å². The number of nitrogens with two attached hydrogens (primary N) is 1. The SMILES string of the molecule is Cc1ccc(C(=O)Nc2cccc(C(F)(F)F)n2)cc1-c1cc2cnc(N)nc2c(-c2ccc(F)cc2)c1O. The van der Waals surface area contributed by atoms with Crippen molar-refractivity contribution in [2.75, 3.05) is 11.1 Å². The van der Waals surface area contributed by atoms with E-state index in [-0.39, 0.29) is 23.1 Å². The molecule has 4 N–H and O–H groups in total. The molecule has 0 bridgehead atoms. The van der Waals surface area contributed by atoms with Crippen LogP contribution in [0, 0.1) is 12.7 Å². The van der Waals surface area contributed by atoms with E-state index >= 15 is 0 Å². The summed E-state index contributed by atoms with van der Waals surface area (Å²) in [6.45, 7) is 1.77. The van der Waals surface area contributed by atoms with Gasteiger partial charge in [0.2, 0.25) is 5.95 Å². The number of aromatic hydroxyl groups is 1. The predicted molar refractivity (Wildman–Crippen MR) is 138 cm³/mol. The van der Waals surface area contributed by atoms with Crippen molar-refractivity contribution in [3.63, 3.8) is 0 Å². The van der Waals surface area contributed by atoms with Crippen LogP contribution in [0.1, 0.15) is 21.6 Å². The van der Waals surface area contributed by atoms with Gasteiger partial charge in [0, 0.05) is 22.7 Å². The van der Waals surface area contributed by atoms with Crippen LogP contribution in [0.4, 0.5) is 29.3 Å². The quantitative estimate of drug-likeness (QED) is 0.232. The number of anilines is 2. The molecular formula is C28H19F4N5O2. The van der Waals surface area contributed by atoms with Gasteiger partial charge in [0.25, 0.3) is 5.91 Å². The Morgan fingerprint density at radius 2 is 1.72 bits per heavy atom. The highest BCUT2D eigenvalue weighted by Crippen LogP contribution is 2.44. The third kappa shape index (κ3) is 5.06. The molecule has 0 aliphatic rings. The zero-order valence-electron chi connectivity index (χ0n) is 20.2. The van der Waals surface area contributed by atoms with Crippen LogP contribution in [0.25, 0.3) is 33.2 Å². The number of rotatable bonds is 4. The summed E-state index contributed by atoms with van der Waals surface area (Å²) in [6, 6.07) is 15.0. The van der Waals surface area contributed by atoms with Gasteiger partial charge in [-0.1, -0.05) is 24.3 Å². The molecule has 1 amide bonds. The number of hydrogen-bond donors (Lipinski definition) is 3. The van der Waals surface area contributed by atoms with Crippen molar-refractivity contribution >= 4 is 28.6 Å². The summed E-state index contributed by atoms with van der Waals surface area (Å²) >= 11 is 0. The van der Waals surface area contributed by atoms with Crippen LogP contribution in [0.5, 0.6) is 5.75 Å². The standard InChI is InChI=1S/C28H19F4N5O2/c1-14-5-6-16(26(39)36-22-4-2-3-21(35-22)28(30,31)32)11-19(14)20-12-17-13-34-27(33)37-24(17)23(25(20)38)15-7-9-18(29)10-8-15/h2-13,38H,1H3,(H2,33,34,37)(H,35,36,39). The van der Waals surface area contributed by atoms with Crippen molar-refractivity contribution in [2.45, 2.75) is 13.1 Å². The Kier molecular flexibility index (Phi) is 6.35. The number of nitrogens with one attached hydrogen (secondary N) is 1. The first-order valence-corrected chi connectivity index (χ1v) is 11.5. The predicted octanol–water partition coefficient (Wildman–Crippen LogP) is 6.37. The molecule has 0 radical (unpaired) electrons. The summed E-state index contributed by atoms with van der Waals surface area (Å²) in [4.78, 5) is 24.7. The first-order valence-electron chi connectivity index (χ1n) is 11.5. The molecule has 0 aliphatic heterocycles. The van der Waals surface area contributed by atoms with Crippen LogP contribution in [-0.4, -0.2) is 26.0 Å². The lowest BCUT2D eigenvalue weighted by Crippen LogP contribution is -2.15. The fourth-order valence-corrected chi connectivity index (χ4v) is 4.18. The lowest BCUT2D eigenvalue weighted by Gasteiger charge is -2.16. The molecule has 0 saturated heterocycles. The summed E-state index contributed by atoms with van der Waals surface area (Å²) in [6.07, 6.45) is -3.18. The van der Waals surface area contributed by atoms with Gasteiger partial charge in [-0.2, -0.15) is 13.2 Å². The number of carbonyl (C=O) groups is 1. The second-order valence-corrected chi connectivity index (χ2v) is 8.71. The molecule has 5 aromatic rings. The number of alkyl halides is 3. The highest BCUT2D eigenvalue weighted by atomic mass is 19.4. The molecule has 0 unspecified atom stereocenters. The lowest BCUT2D eigenvalue weighted by atomic mass is 9.91. The van der Waals surface area contributed by atoms with E-state index in [0.717, 1.165) is 12.1 Å². The maximum Gasteiger partial charge on any atom is 0.433 e. The Bertz CT molecular complexity index is 1740. The van der Waals surface area contributed by atoms with Gasteiger partial charge in [-0.25, -0.2) is 19.3 Å². The highest BCUT2D eigenvalue weighted by Gasteiger charge is 2.32. The van der Waals surface area contributed by atoms with Crippen LogP contribution in [0.2, 0.25) is 0 Å². The summed E-state index contributed by atoms with van der Waals surface area (Å²) in [7, 11) is 0. The summed E-state index contributed by atoms with van der Waals surface area (Å²) < 4.78 is 52.7. The lowest BCUT2D eigenvalue weighted by molar-refractivity contribution is -0.141. The number of amides is 1. The minimum Gasteiger partial charge on any atom is -0.507 e. The van der Waals surface area contributed by atoms with Gasteiger partial charge in [0.15, 0.2) is 0 Å². The van der Waals surface area contributed by atoms with Gasteiger partial charge in [-0.15, -0.1) is 0 Å². The molecule has 2 heterocycles. The fraction of sp³-hybridized carbons (Fsp3) is 0.0714. The van der Waals surface area contributed by atoms with E-state index in [1.54, 1.807) is 19.1 Å². The number of nitrogen functional groups attached to an aromatic ring is 1. The monoisotopic (exact) mass is 533 g/mol. The smallest absolute Gasteiger partial charge is 0.433 e. The van der Waals surface area contributed by atoms with E-state index in [0.29, 0.717) is 38.7 Å². The van der Waals surface area contributed by atoms with Crippen LogP contribution in [0.15, 0.2) is 72.9 Å². The Labute approximate surface area is 219 Å². The van der Waals surface area contributed by atoms with Crippen molar-refractivity contribution in [2.24, 2.45) is 0 Å². The Balaban J connectivity index is 1.61. The van der Waals surface area contributed by atoms with E-state index in [9.17, 15) is 27.5 Å². The first kappa shape index (κ1) is 25.6. The van der Waals surface area contributed by atoms with Crippen LogP contribution >= 0.6 is 0 Å². The number of hydrogen-bond acceptors (Lipinski definition) is 6. The minimum absolute atomic E-state index is 0.0175. The zero-order chi connectivity index (χ0) is 27.9. The highest BCUT2D eigenvalue weighted by molar-refractivity contribution is 6.06.